The molecule has 0 radical (unpaired) electrons. The van der Waals surface area contributed by atoms with Crippen LogP contribution in [-0.2, 0) is 0 Å². The Labute approximate surface area is 50.3 Å². The molecular weight excluding hydrogens is 73.0 g/mol. The number of nitrogens with two attached hydrogens (primary N) is 1. The van der Waals surface area contributed by atoms with Gasteiger partial charge in [-0.05, 0) is 0 Å². The van der Waals surface area contributed by atoms with Gasteiger partial charge in [-0.15, -0.1) is 0 Å². The first-order valence-corrected chi connectivity index (χ1v) is 3.53. The van der Waals surface area contributed by atoms with Crippen LogP contribution in [0.2, 0.25) is 3.67 Å². The third-order valence-corrected chi connectivity index (χ3v) is 1.26. The monoisotopic (exact) mass is 81.1 g/mol. The van der Waals surface area contributed by atoms with E-state index in [-0.39, 0.29) is 0 Å². The van der Waals surface area contributed by atoms with E-state index in [9.17, 15) is 0 Å². The van der Waals surface area contributed by atoms with Gasteiger partial charge >= 0.3 is 50.3 Å². The van der Waals surface area contributed by atoms with Crippen molar-refractivity contribution in [3.8, 4) is 0 Å². The maximum atomic E-state index is 5.16. The summed E-state index contributed by atoms with van der Waals surface area (Å²) in [5.74, 6) is 0. The topological polar surface area (TPSA) is 26.0 Å². The Morgan fingerprint density at radius 3 is 2.20 bits per heavy atom. The van der Waals surface area contributed by atoms with Crippen molar-refractivity contribution in [1.82, 2.24) is 0 Å². The predicted octanol–water partition coefficient (Wildman–Crippen LogP) is -0.0780. The van der Waals surface area contributed by atoms with Gasteiger partial charge in [0, 0.05) is 0 Å². The average Bonchev–Trinajstić information content (AvgIpc) is 1.41. The molecular formula is C3H8NNa. The van der Waals surface area contributed by atoms with Crippen LogP contribution < -0.4 is 5.73 Å². The molecule has 2 heteroatoms. The molecule has 0 saturated heterocycles. The van der Waals surface area contributed by atoms with Gasteiger partial charge in [0.2, 0.25) is 0 Å². The van der Waals surface area contributed by atoms with E-state index >= 15 is 0 Å². The summed E-state index contributed by atoms with van der Waals surface area (Å²) in [6, 6.07) is 0. The second-order valence-corrected chi connectivity index (χ2v) is 2.14. The number of hydrogen-bond donors (Lipinski definition) is 1. The summed E-state index contributed by atoms with van der Waals surface area (Å²) in [7, 11) is 0. The fourth-order valence-electron chi connectivity index (χ4n) is 0.204. The van der Waals surface area contributed by atoms with E-state index in [1.807, 2.05) is 0 Å². The van der Waals surface area contributed by atoms with Gasteiger partial charge in [-0.1, -0.05) is 0 Å². The summed E-state index contributed by atoms with van der Waals surface area (Å²) >= 11 is 1.32. The van der Waals surface area contributed by atoms with Crippen molar-refractivity contribution >= 4 is 27.9 Å². The second kappa shape index (κ2) is 4.96. The third kappa shape index (κ3) is 4.96. The normalized spacial score (nSPS) is 8.60. The van der Waals surface area contributed by atoms with E-state index in [1.165, 1.54) is 38.0 Å². The van der Waals surface area contributed by atoms with Gasteiger partial charge in [0.05, 0.1) is 0 Å². The molecule has 0 aromatic carbocycles. The summed E-state index contributed by atoms with van der Waals surface area (Å²) in [6.07, 6.45) is 1.23. The first kappa shape index (κ1) is 5.96. The van der Waals surface area contributed by atoms with Gasteiger partial charge in [0.25, 0.3) is 0 Å². The molecule has 0 rings (SSSR count). The molecule has 0 aliphatic heterocycles. The summed E-state index contributed by atoms with van der Waals surface area (Å²) in [5, 5.41) is 0. The molecule has 0 atom stereocenters. The zero-order chi connectivity index (χ0) is 4.12. The number of hydrogen-bond acceptors (Lipinski definition) is 1. The molecule has 0 unspecified atom stereocenters. The van der Waals surface area contributed by atoms with E-state index in [1.54, 1.807) is 0 Å². The van der Waals surface area contributed by atoms with Gasteiger partial charge in [0.15, 0.2) is 0 Å². The van der Waals surface area contributed by atoms with Crippen LogP contribution in [0.1, 0.15) is 6.42 Å². The van der Waals surface area contributed by atoms with Crippen LogP contribution in [0.15, 0.2) is 0 Å². The standard InChI is InChI=1S/C3H8N.Na/c1-2-3-4;/h1-4H2;. The van der Waals surface area contributed by atoms with E-state index in [2.05, 4.69) is 0 Å². The third-order valence-electron chi connectivity index (χ3n) is 0.558. The molecule has 0 amide bonds. The van der Waals surface area contributed by atoms with Crippen LogP contribution in [0.25, 0.3) is 0 Å². The molecule has 0 fully saturated rings. The molecule has 0 spiro atoms. The minimum atomic E-state index is 0.878. The van der Waals surface area contributed by atoms with Crippen molar-refractivity contribution < 1.29 is 0 Å². The van der Waals surface area contributed by atoms with E-state index in [0.717, 1.165) is 6.54 Å². The van der Waals surface area contributed by atoms with E-state index in [0.29, 0.717) is 0 Å². The second-order valence-electron chi connectivity index (χ2n) is 1.14. The van der Waals surface area contributed by atoms with E-state index in [4.69, 9.17) is 5.73 Å². The summed E-state index contributed by atoms with van der Waals surface area (Å²) in [4.78, 5) is 0. The molecule has 0 aromatic rings. The van der Waals surface area contributed by atoms with Gasteiger partial charge < -0.3 is 0 Å². The first-order valence-electron chi connectivity index (χ1n) is 2.12. The van der Waals surface area contributed by atoms with Gasteiger partial charge in [-0.25, -0.2) is 0 Å². The van der Waals surface area contributed by atoms with Crippen LogP contribution >= 0.6 is 0 Å². The van der Waals surface area contributed by atoms with Crippen molar-refractivity contribution in [2.45, 2.75) is 10.1 Å². The summed E-state index contributed by atoms with van der Waals surface area (Å²) in [6.45, 7) is 0.878. The Kier molecular flexibility index (Phi) is 5.91. The Morgan fingerprint density at radius 1 is 1.60 bits per heavy atom. The van der Waals surface area contributed by atoms with Crippen LogP contribution in [0.3, 0.4) is 0 Å². The van der Waals surface area contributed by atoms with Crippen molar-refractivity contribution in [2.24, 2.45) is 5.73 Å². The molecule has 0 aliphatic rings. The number of rotatable bonds is 2. The fraction of sp³-hybridized carbons (Fsp3) is 1.00. The Bertz CT molecular complexity index is 14.4. The molecule has 0 bridgehead atoms. The SMILES string of the molecule is NCC[CH2][Na]. The van der Waals surface area contributed by atoms with E-state index < -0.39 is 0 Å². The Morgan fingerprint density at radius 2 is 2.20 bits per heavy atom. The molecule has 26 valence electrons. The summed E-state index contributed by atoms with van der Waals surface area (Å²) in [5.41, 5.74) is 5.16. The molecule has 0 saturated carbocycles. The first-order chi connectivity index (χ1) is 2.41. The van der Waals surface area contributed by atoms with Crippen molar-refractivity contribution in [2.75, 3.05) is 6.54 Å². The van der Waals surface area contributed by atoms with Crippen molar-refractivity contribution in [3.05, 3.63) is 0 Å². The van der Waals surface area contributed by atoms with Gasteiger partial charge in [0.1, 0.15) is 0 Å². The zero-order valence-electron chi connectivity index (χ0n) is 3.70. The molecule has 2 N–H and O–H groups in total. The molecule has 0 heterocycles. The van der Waals surface area contributed by atoms with Crippen LogP contribution in [0.4, 0.5) is 0 Å². The molecule has 1 nitrogen and oxygen atoms in total. The molecule has 0 aliphatic carbocycles. The predicted molar refractivity (Wildman–Crippen MR) is 24.2 cm³/mol. The Balaban J connectivity index is 2.19. The summed E-state index contributed by atoms with van der Waals surface area (Å²) < 4.78 is 1.36. The van der Waals surface area contributed by atoms with Crippen LogP contribution in [-0.4, -0.2) is 34.5 Å². The van der Waals surface area contributed by atoms with Crippen molar-refractivity contribution in [1.29, 1.82) is 0 Å². The Hall–Kier alpha value is 0.960. The van der Waals surface area contributed by atoms with Crippen LogP contribution in [0.5, 0.6) is 0 Å². The van der Waals surface area contributed by atoms with Gasteiger partial charge in [-0.2, -0.15) is 0 Å². The average molecular weight is 81.1 g/mol. The molecule has 5 heavy (non-hydrogen) atoms. The molecule has 0 aromatic heterocycles. The quantitative estimate of drug-likeness (QED) is 0.462. The maximum absolute atomic E-state index is 5.16. The fourth-order valence-corrected chi connectivity index (χ4v) is 0.612. The zero-order valence-corrected chi connectivity index (χ0v) is 5.70. The van der Waals surface area contributed by atoms with Gasteiger partial charge in [-0.3, -0.25) is 0 Å². The van der Waals surface area contributed by atoms with Crippen LogP contribution in [0, 0.1) is 0 Å². The van der Waals surface area contributed by atoms with Crippen molar-refractivity contribution in [3.63, 3.8) is 0 Å². The minimum absolute atomic E-state index is 0.878.